The molecule has 1 unspecified atom stereocenters. The highest BCUT2D eigenvalue weighted by Crippen LogP contribution is 2.28. The van der Waals surface area contributed by atoms with Gasteiger partial charge in [0.15, 0.2) is 5.13 Å². The molecule has 0 saturated carbocycles. The van der Waals surface area contributed by atoms with Crippen molar-refractivity contribution in [3.63, 3.8) is 0 Å². The van der Waals surface area contributed by atoms with Gasteiger partial charge in [-0.3, -0.25) is 0 Å². The number of thiazole rings is 1. The topological polar surface area (TPSA) is 51.4 Å². The van der Waals surface area contributed by atoms with E-state index < -0.39 is 0 Å². The van der Waals surface area contributed by atoms with Crippen LogP contribution in [0.5, 0.6) is 0 Å². The summed E-state index contributed by atoms with van der Waals surface area (Å²) in [5.74, 6) is 0. The van der Waals surface area contributed by atoms with Crippen LogP contribution in [0.25, 0.3) is 0 Å². The van der Waals surface area contributed by atoms with Crippen LogP contribution in [0, 0.1) is 0 Å². The molecule has 1 saturated heterocycles. The number of anilines is 1. The molecule has 0 spiro atoms. The van der Waals surface area contributed by atoms with Gasteiger partial charge in [-0.05, 0) is 12.8 Å². The molecule has 1 aliphatic heterocycles. The van der Waals surface area contributed by atoms with E-state index in [1.807, 2.05) is 0 Å². The maximum Gasteiger partial charge on any atom is 0.185 e. The number of hydrogen-bond acceptors (Lipinski definition) is 5. The van der Waals surface area contributed by atoms with Crippen molar-refractivity contribution in [2.75, 3.05) is 24.6 Å². The minimum Gasteiger partial charge on any atom is -0.375 e. The van der Waals surface area contributed by atoms with E-state index in [0.717, 1.165) is 44.1 Å². The molecule has 102 valence electrons. The molecule has 0 aliphatic carbocycles. The standard InChI is InChI=1S/C13H23N3OS/c1-3-5-11-12(8-14)18-13(15-11)16-6-7-17-10(4-2)9-16/h10H,3-9,14H2,1-2H3. The lowest BCUT2D eigenvalue weighted by Crippen LogP contribution is -2.42. The molecule has 5 heteroatoms. The van der Waals surface area contributed by atoms with Crippen LogP contribution in [-0.4, -0.2) is 30.8 Å². The first-order chi connectivity index (χ1) is 8.78. The largest absolute Gasteiger partial charge is 0.375 e. The van der Waals surface area contributed by atoms with E-state index in [9.17, 15) is 0 Å². The molecule has 2 heterocycles. The van der Waals surface area contributed by atoms with Crippen molar-refractivity contribution in [1.82, 2.24) is 4.98 Å². The molecule has 1 aromatic heterocycles. The fourth-order valence-electron chi connectivity index (χ4n) is 2.24. The number of aromatic nitrogens is 1. The SMILES string of the molecule is CCCc1nc(N2CCOC(CC)C2)sc1CN. The van der Waals surface area contributed by atoms with Crippen molar-refractivity contribution >= 4 is 16.5 Å². The summed E-state index contributed by atoms with van der Waals surface area (Å²) < 4.78 is 5.70. The normalized spacial score (nSPS) is 20.4. The summed E-state index contributed by atoms with van der Waals surface area (Å²) in [5, 5.41) is 1.13. The van der Waals surface area contributed by atoms with Gasteiger partial charge in [0.1, 0.15) is 0 Å². The van der Waals surface area contributed by atoms with Crippen LogP contribution in [0.4, 0.5) is 5.13 Å². The third-order valence-electron chi connectivity index (χ3n) is 3.30. The van der Waals surface area contributed by atoms with Crippen LogP contribution in [0.15, 0.2) is 0 Å². The molecule has 1 fully saturated rings. The van der Waals surface area contributed by atoms with E-state index in [0.29, 0.717) is 12.6 Å². The Morgan fingerprint density at radius 2 is 2.33 bits per heavy atom. The highest BCUT2D eigenvalue weighted by Gasteiger charge is 2.22. The summed E-state index contributed by atoms with van der Waals surface area (Å²) in [6, 6.07) is 0. The second-order valence-corrected chi connectivity index (χ2v) is 5.73. The van der Waals surface area contributed by atoms with Gasteiger partial charge in [0.05, 0.1) is 18.4 Å². The minimum absolute atomic E-state index is 0.346. The first-order valence-electron chi connectivity index (χ1n) is 6.83. The molecule has 0 radical (unpaired) electrons. The quantitative estimate of drug-likeness (QED) is 0.890. The Hall–Kier alpha value is -0.650. The lowest BCUT2D eigenvalue weighted by molar-refractivity contribution is 0.0384. The van der Waals surface area contributed by atoms with Gasteiger partial charge in [-0.2, -0.15) is 0 Å². The fraction of sp³-hybridized carbons (Fsp3) is 0.769. The minimum atomic E-state index is 0.346. The Morgan fingerprint density at radius 1 is 1.50 bits per heavy atom. The number of nitrogens with zero attached hydrogens (tertiary/aromatic N) is 2. The molecule has 0 aromatic carbocycles. The van der Waals surface area contributed by atoms with Gasteiger partial charge in [-0.25, -0.2) is 4.98 Å². The van der Waals surface area contributed by atoms with Crippen LogP contribution in [0.3, 0.4) is 0 Å². The Balaban J connectivity index is 2.12. The van der Waals surface area contributed by atoms with Crippen molar-refractivity contribution in [1.29, 1.82) is 0 Å². The first kappa shape index (κ1) is 13.8. The Labute approximate surface area is 113 Å². The summed E-state index contributed by atoms with van der Waals surface area (Å²) in [4.78, 5) is 8.36. The summed E-state index contributed by atoms with van der Waals surface area (Å²) >= 11 is 1.75. The Morgan fingerprint density at radius 3 is 3.00 bits per heavy atom. The summed E-state index contributed by atoms with van der Waals surface area (Å²) in [7, 11) is 0. The lowest BCUT2D eigenvalue weighted by atomic mass is 10.2. The summed E-state index contributed by atoms with van der Waals surface area (Å²) in [6.07, 6.45) is 3.56. The number of ether oxygens (including phenoxy) is 1. The van der Waals surface area contributed by atoms with E-state index in [-0.39, 0.29) is 0 Å². The van der Waals surface area contributed by atoms with Crippen molar-refractivity contribution in [3.8, 4) is 0 Å². The van der Waals surface area contributed by atoms with Crippen LogP contribution in [-0.2, 0) is 17.7 Å². The number of morpholine rings is 1. The summed E-state index contributed by atoms with van der Waals surface area (Å²) in [6.45, 7) is 7.66. The smallest absolute Gasteiger partial charge is 0.185 e. The van der Waals surface area contributed by atoms with Crippen molar-refractivity contribution in [2.24, 2.45) is 5.73 Å². The highest BCUT2D eigenvalue weighted by molar-refractivity contribution is 7.15. The predicted octanol–water partition coefficient (Wildman–Crippen LogP) is 2.17. The zero-order chi connectivity index (χ0) is 13.0. The number of hydrogen-bond donors (Lipinski definition) is 1. The monoisotopic (exact) mass is 269 g/mol. The average Bonchev–Trinajstić information content (AvgIpc) is 2.82. The van der Waals surface area contributed by atoms with E-state index in [1.165, 1.54) is 10.6 Å². The molecule has 1 atom stereocenters. The average molecular weight is 269 g/mol. The molecular weight excluding hydrogens is 246 g/mol. The number of aryl methyl sites for hydroxylation is 1. The molecule has 2 N–H and O–H groups in total. The van der Waals surface area contributed by atoms with Crippen LogP contribution >= 0.6 is 11.3 Å². The van der Waals surface area contributed by atoms with E-state index in [4.69, 9.17) is 15.5 Å². The van der Waals surface area contributed by atoms with Crippen molar-refractivity contribution in [2.45, 2.75) is 45.8 Å². The van der Waals surface area contributed by atoms with Crippen LogP contribution in [0.2, 0.25) is 0 Å². The molecular formula is C13H23N3OS. The third kappa shape index (κ3) is 3.02. The van der Waals surface area contributed by atoms with Gasteiger partial charge in [0.25, 0.3) is 0 Å². The molecule has 18 heavy (non-hydrogen) atoms. The molecule has 0 bridgehead atoms. The lowest BCUT2D eigenvalue weighted by Gasteiger charge is -2.32. The van der Waals surface area contributed by atoms with E-state index in [1.54, 1.807) is 11.3 Å². The maximum absolute atomic E-state index is 5.80. The van der Waals surface area contributed by atoms with E-state index >= 15 is 0 Å². The zero-order valence-electron chi connectivity index (χ0n) is 11.3. The Kier molecular flexibility index (Phi) is 4.97. The second-order valence-electron chi connectivity index (χ2n) is 4.67. The van der Waals surface area contributed by atoms with E-state index in [2.05, 4.69) is 18.7 Å². The van der Waals surface area contributed by atoms with Gasteiger partial charge in [-0.15, -0.1) is 11.3 Å². The van der Waals surface area contributed by atoms with Crippen molar-refractivity contribution in [3.05, 3.63) is 10.6 Å². The molecule has 4 nitrogen and oxygen atoms in total. The predicted molar refractivity (Wildman–Crippen MR) is 76.2 cm³/mol. The molecule has 0 amide bonds. The fourth-order valence-corrected chi connectivity index (χ4v) is 3.26. The van der Waals surface area contributed by atoms with Crippen LogP contribution in [0.1, 0.15) is 37.3 Å². The van der Waals surface area contributed by atoms with Gasteiger partial charge >= 0.3 is 0 Å². The van der Waals surface area contributed by atoms with Crippen LogP contribution < -0.4 is 10.6 Å². The maximum atomic E-state index is 5.80. The van der Waals surface area contributed by atoms with Gasteiger partial charge in [0, 0.05) is 24.5 Å². The first-order valence-corrected chi connectivity index (χ1v) is 7.65. The molecule has 1 aromatic rings. The second kappa shape index (κ2) is 6.50. The highest BCUT2D eigenvalue weighted by atomic mass is 32.1. The molecule has 1 aliphatic rings. The Bertz CT molecular complexity index is 380. The number of nitrogens with two attached hydrogens (primary N) is 1. The van der Waals surface area contributed by atoms with Crippen molar-refractivity contribution < 1.29 is 4.74 Å². The number of rotatable bonds is 5. The third-order valence-corrected chi connectivity index (χ3v) is 4.48. The van der Waals surface area contributed by atoms with Gasteiger partial charge < -0.3 is 15.4 Å². The van der Waals surface area contributed by atoms with Gasteiger partial charge in [0.2, 0.25) is 0 Å². The molecule has 2 rings (SSSR count). The van der Waals surface area contributed by atoms with Gasteiger partial charge in [-0.1, -0.05) is 20.3 Å². The zero-order valence-corrected chi connectivity index (χ0v) is 12.1. The summed E-state index contributed by atoms with van der Waals surface area (Å²) in [5.41, 5.74) is 7.00.